The van der Waals surface area contributed by atoms with Crippen LogP contribution in [0, 0.1) is 10.1 Å². The highest BCUT2D eigenvalue weighted by atomic mass is 16.6. The largest absolute Gasteiger partial charge is 0.493 e. The third kappa shape index (κ3) is 6.20. The fraction of sp³-hybridized carbons (Fsp3) is 0.222. The molecule has 0 bridgehead atoms. The summed E-state index contributed by atoms with van der Waals surface area (Å²) < 4.78 is 15.6. The molecule has 13 nitrogen and oxygen atoms in total. The Labute approximate surface area is 228 Å². The van der Waals surface area contributed by atoms with E-state index in [0.29, 0.717) is 35.6 Å². The van der Waals surface area contributed by atoms with Gasteiger partial charge in [-0.15, -0.1) is 10.2 Å². The molecule has 206 valence electrons. The SMILES string of the molecule is CCOC(=O)c1ccc(-c2cc(C(=O)NCCc3ccc(OC)c(OC)c3)cc(-c3nn[nH]n3)c2)c([N+](=O)[O-])c1. The summed E-state index contributed by atoms with van der Waals surface area (Å²) in [6.45, 7) is 2.08. The highest BCUT2D eigenvalue weighted by molar-refractivity contribution is 5.98. The van der Waals surface area contributed by atoms with Gasteiger partial charge in [-0.25, -0.2) is 4.79 Å². The predicted octanol–water partition coefficient (Wildman–Crippen LogP) is 3.61. The molecule has 1 aromatic heterocycles. The summed E-state index contributed by atoms with van der Waals surface area (Å²) in [5.41, 5.74) is 1.84. The monoisotopic (exact) mass is 546 g/mol. The lowest BCUT2D eigenvalue weighted by molar-refractivity contribution is -0.384. The highest BCUT2D eigenvalue weighted by Crippen LogP contribution is 2.34. The molecule has 1 amide bonds. The van der Waals surface area contributed by atoms with E-state index in [0.717, 1.165) is 11.6 Å². The lowest BCUT2D eigenvalue weighted by atomic mass is 9.96. The van der Waals surface area contributed by atoms with E-state index in [1.807, 2.05) is 12.1 Å². The van der Waals surface area contributed by atoms with Crippen molar-refractivity contribution >= 4 is 17.6 Å². The number of hydrogen-bond donors (Lipinski definition) is 2. The first-order valence-electron chi connectivity index (χ1n) is 12.2. The Morgan fingerprint density at radius 2 is 1.75 bits per heavy atom. The number of nitro groups is 1. The van der Waals surface area contributed by atoms with Gasteiger partial charge < -0.3 is 19.5 Å². The maximum atomic E-state index is 13.2. The fourth-order valence-electron chi connectivity index (χ4n) is 4.05. The van der Waals surface area contributed by atoms with Crippen molar-refractivity contribution in [2.24, 2.45) is 0 Å². The number of methoxy groups -OCH3 is 2. The number of nitrogens with zero attached hydrogens (tertiary/aromatic N) is 4. The van der Waals surface area contributed by atoms with Crippen molar-refractivity contribution in [3.8, 4) is 34.0 Å². The van der Waals surface area contributed by atoms with Crippen LogP contribution in [0.4, 0.5) is 5.69 Å². The van der Waals surface area contributed by atoms with Crippen molar-refractivity contribution in [1.29, 1.82) is 0 Å². The normalized spacial score (nSPS) is 10.6. The van der Waals surface area contributed by atoms with Crippen molar-refractivity contribution in [2.45, 2.75) is 13.3 Å². The number of H-pyrrole nitrogens is 1. The summed E-state index contributed by atoms with van der Waals surface area (Å²) in [4.78, 5) is 36.7. The second-order valence-electron chi connectivity index (χ2n) is 8.44. The fourth-order valence-corrected chi connectivity index (χ4v) is 4.05. The van der Waals surface area contributed by atoms with Gasteiger partial charge in [0.1, 0.15) is 0 Å². The second kappa shape index (κ2) is 12.5. The number of carbonyl (C=O) groups is 2. The van der Waals surface area contributed by atoms with E-state index in [4.69, 9.17) is 14.2 Å². The number of benzene rings is 3. The maximum absolute atomic E-state index is 13.2. The third-order valence-electron chi connectivity index (χ3n) is 5.96. The molecule has 40 heavy (non-hydrogen) atoms. The molecule has 3 aromatic carbocycles. The van der Waals surface area contributed by atoms with E-state index in [9.17, 15) is 19.7 Å². The zero-order valence-corrected chi connectivity index (χ0v) is 22.0. The number of tetrazole rings is 1. The number of carbonyl (C=O) groups excluding carboxylic acids is 2. The Hall–Kier alpha value is -5.33. The smallest absolute Gasteiger partial charge is 0.338 e. The number of amides is 1. The molecule has 0 atom stereocenters. The van der Waals surface area contributed by atoms with Crippen LogP contribution in [0.5, 0.6) is 11.5 Å². The van der Waals surface area contributed by atoms with E-state index in [2.05, 4.69) is 25.9 Å². The number of nitrogens with one attached hydrogen (secondary N) is 2. The van der Waals surface area contributed by atoms with Gasteiger partial charge >= 0.3 is 5.97 Å². The highest BCUT2D eigenvalue weighted by Gasteiger charge is 2.22. The first kappa shape index (κ1) is 27.7. The van der Waals surface area contributed by atoms with Gasteiger partial charge in [-0.05, 0) is 72.1 Å². The molecule has 0 aliphatic carbocycles. The average Bonchev–Trinajstić information content (AvgIpc) is 3.52. The zero-order valence-electron chi connectivity index (χ0n) is 22.0. The van der Waals surface area contributed by atoms with Crippen LogP contribution >= 0.6 is 0 Å². The Bertz CT molecular complexity index is 1540. The molecule has 0 radical (unpaired) electrons. The van der Waals surface area contributed by atoms with Gasteiger partial charge in [0.2, 0.25) is 5.82 Å². The van der Waals surface area contributed by atoms with Crippen molar-refractivity contribution in [2.75, 3.05) is 27.4 Å². The third-order valence-corrected chi connectivity index (χ3v) is 5.96. The molecule has 0 saturated carbocycles. The van der Waals surface area contributed by atoms with Crippen molar-refractivity contribution in [3.05, 3.63) is 81.4 Å². The summed E-state index contributed by atoms with van der Waals surface area (Å²) >= 11 is 0. The Morgan fingerprint density at radius 1 is 0.975 bits per heavy atom. The summed E-state index contributed by atoms with van der Waals surface area (Å²) in [6, 6.07) is 14.2. The molecule has 2 N–H and O–H groups in total. The molecule has 4 aromatic rings. The quantitative estimate of drug-likeness (QED) is 0.161. The number of rotatable bonds is 11. The van der Waals surface area contributed by atoms with Gasteiger partial charge in [0.05, 0.1) is 36.9 Å². The molecule has 0 unspecified atom stereocenters. The lowest BCUT2D eigenvalue weighted by Crippen LogP contribution is -2.25. The first-order valence-corrected chi connectivity index (χ1v) is 12.2. The molecule has 0 aliphatic rings. The molecular weight excluding hydrogens is 520 g/mol. The van der Waals surface area contributed by atoms with Gasteiger partial charge in [-0.1, -0.05) is 6.07 Å². The summed E-state index contributed by atoms with van der Waals surface area (Å²) in [6.07, 6.45) is 0.518. The molecule has 0 saturated heterocycles. The minimum absolute atomic E-state index is 0.0414. The minimum Gasteiger partial charge on any atom is -0.493 e. The lowest BCUT2D eigenvalue weighted by Gasteiger charge is -2.12. The molecule has 13 heteroatoms. The van der Waals surface area contributed by atoms with Crippen LogP contribution in [0.25, 0.3) is 22.5 Å². The van der Waals surface area contributed by atoms with Crippen molar-refractivity contribution in [3.63, 3.8) is 0 Å². The zero-order chi connectivity index (χ0) is 28.6. The van der Waals surface area contributed by atoms with E-state index in [1.54, 1.807) is 39.3 Å². The molecule has 0 fully saturated rings. The van der Waals surface area contributed by atoms with Crippen molar-refractivity contribution in [1.82, 2.24) is 25.9 Å². The van der Waals surface area contributed by atoms with Crippen molar-refractivity contribution < 1.29 is 28.7 Å². The first-order chi connectivity index (χ1) is 19.3. The Balaban J connectivity index is 1.64. The summed E-state index contributed by atoms with van der Waals surface area (Å²) in [7, 11) is 3.10. The number of ether oxygens (including phenoxy) is 3. The van der Waals surface area contributed by atoms with Crippen LogP contribution in [-0.2, 0) is 11.2 Å². The Kier molecular flexibility index (Phi) is 8.64. The van der Waals surface area contributed by atoms with Crippen LogP contribution < -0.4 is 14.8 Å². The number of nitro benzene ring substituents is 1. The standard InChI is InChI=1S/C27H26N6O7/c1-4-40-27(35)17-6-7-21(22(15-17)33(36)37)18-12-19(25-29-31-32-30-25)14-20(13-18)26(34)28-10-9-16-5-8-23(38-2)24(11-16)39-3/h5-8,11-15H,4,9-10H2,1-3H3,(H,28,34)(H,29,30,31,32). The van der Waals surface area contributed by atoms with E-state index in [-0.39, 0.29) is 34.8 Å². The van der Waals surface area contributed by atoms with Crippen LogP contribution in [0.3, 0.4) is 0 Å². The maximum Gasteiger partial charge on any atom is 0.338 e. The van der Waals surface area contributed by atoms with Crippen LogP contribution in [0.2, 0.25) is 0 Å². The van der Waals surface area contributed by atoms with Gasteiger partial charge in [-0.2, -0.15) is 5.21 Å². The van der Waals surface area contributed by atoms with E-state index in [1.165, 1.54) is 18.2 Å². The number of aromatic amines is 1. The number of aromatic nitrogens is 4. The molecule has 1 heterocycles. The number of hydrogen-bond acceptors (Lipinski definition) is 10. The summed E-state index contributed by atoms with van der Waals surface area (Å²) in [5.74, 6) is 0.307. The average molecular weight is 547 g/mol. The predicted molar refractivity (Wildman–Crippen MR) is 143 cm³/mol. The van der Waals surface area contributed by atoms with Crippen LogP contribution in [0.15, 0.2) is 54.6 Å². The van der Waals surface area contributed by atoms with Crippen LogP contribution in [-0.4, -0.2) is 64.8 Å². The molecule has 4 rings (SSSR count). The van der Waals surface area contributed by atoms with Gasteiger partial charge in [-0.3, -0.25) is 14.9 Å². The Morgan fingerprint density at radius 3 is 2.42 bits per heavy atom. The second-order valence-corrected chi connectivity index (χ2v) is 8.44. The van der Waals surface area contributed by atoms with Gasteiger partial charge in [0, 0.05) is 23.7 Å². The summed E-state index contributed by atoms with van der Waals surface area (Å²) in [5, 5.41) is 28.7. The van der Waals surface area contributed by atoms with Crippen LogP contribution in [0.1, 0.15) is 33.2 Å². The molecule has 0 spiro atoms. The molecular formula is C27H26N6O7. The van der Waals surface area contributed by atoms with E-state index >= 15 is 0 Å². The minimum atomic E-state index is -0.674. The molecule has 0 aliphatic heterocycles. The van der Waals surface area contributed by atoms with E-state index < -0.39 is 16.8 Å². The van der Waals surface area contributed by atoms with Gasteiger partial charge in [0.15, 0.2) is 11.5 Å². The van der Waals surface area contributed by atoms with Gasteiger partial charge in [0.25, 0.3) is 11.6 Å². The topological polar surface area (TPSA) is 171 Å². The number of esters is 1.